The van der Waals surface area contributed by atoms with E-state index in [2.05, 4.69) is 395 Å². The molecule has 0 unspecified atom stereocenters. The van der Waals surface area contributed by atoms with Gasteiger partial charge in [0.1, 0.15) is 0 Å². The van der Waals surface area contributed by atoms with Gasteiger partial charge in [-0.2, -0.15) is 0 Å². The molecule has 0 aromatic heterocycles. The largest absolute Gasteiger partial charge is 1.00 e. The number of rotatable bonds is 20. The molecule has 0 spiro atoms. The molecule has 0 atom stereocenters. The number of aryl methyl sites for hydroxylation is 16. The molecule has 14 aromatic carbocycles. The Kier molecular flexibility index (Phi) is 28.2. The van der Waals surface area contributed by atoms with Crippen molar-refractivity contribution < 1.29 is 37.7 Å². The van der Waals surface area contributed by atoms with Crippen LogP contribution in [0.25, 0.3) is 89.0 Å². The third-order valence-corrected chi connectivity index (χ3v) is 28.6. The molecule has 0 nitrogen and oxygen atoms in total. The maximum Gasteiger partial charge on any atom is 1.00 e. The van der Waals surface area contributed by atoms with Gasteiger partial charge in [-0.25, -0.2) is 0 Å². The summed E-state index contributed by atoms with van der Waals surface area (Å²) < 4.78 is 1.36. The Labute approximate surface area is 763 Å². The summed E-state index contributed by atoms with van der Waals surface area (Å²) >= 11 is 18.1. The second kappa shape index (κ2) is 37.5. The smallest absolute Gasteiger partial charge is 0.774 e. The van der Waals surface area contributed by atoms with Gasteiger partial charge in [0.15, 0.2) is 0 Å². The van der Waals surface area contributed by atoms with Gasteiger partial charge in [-0.1, -0.05) is 284 Å². The molecule has 14 aromatic rings. The monoisotopic (exact) mass is 1620 g/mol. The molecular formula is C114H114Li2S4. The Balaban J connectivity index is 0.00000660. The van der Waals surface area contributed by atoms with Crippen LogP contribution >= 0.6 is 23.5 Å². The molecule has 0 aliphatic carbocycles. The van der Waals surface area contributed by atoms with Gasteiger partial charge >= 0.3 is 37.7 Å². The molecule has 14 rings (SSSR count). The van der Waals surface area contributed by atoms with Gasteiger partial charge in [-0.05, 0) is 381 Å². The molecule has 0 amide bonds. The summed E-state index contributed by atoms with van der Waals surface area (Å²) in [7, 11) is 0. The van der Waals surface area contributed by atoms with Gasteiger partial charge in [0, 0.05) is 9.79 Å². The molecule has 6 heteroatoms. The minimum absolute atomic E-state index is 0. The van der Waals surface area contributed by atoms with Crippen molar-refractivity contribution in [1.82, 2.24) is 0 Å². The Hall–Kier alpha value is -8.85. The van der Waals surface area contributed by atoms with Crippen molar-refractivity contribution in [2.24, 2.45) is 0 Å². The molecule has 0 bridgehead atoms. The van der Waals surface area contributed by atoms with Gasteiger partial charge in [0.05, 0.1) is 0 Å². The van der Waals surface area contributed by atoms with Gasteiger partial charge < -0.3 is 25.3 Å². The van der Waals surface area contributed by atoms with Gasteiger partial charge in [0.2, 0.25) is 0 Å². The maximum absolute atomic E-state index is 7.34. The van der Waals surface area contributed by atoms with Crippen LogP contribution in [0.3, 0.4) is 0 Å². The predicted molar refractivity (Wildman–Crippen MR) is 520 cm³/mol. The summed E-state index contributed by atoms with van der Waals surface area (Å²) in [4.78, 5) is 2.30. The van der Waals surface area contributed by atoms with Crippen LogP contribution in [0.4, 0.5) is 0 Å². The summed E-state index contributed by atoms with van der Waals surface area (Å²) in [6, 6.07) is 92.6. The van der Waals surface area contributed by atoms with Gasteiger partial charge in [-0.3, -0.25) is 0 Å². The maximum atomic E-state index is 7.34. The fourth-order valence-corrected chi connectivity index (χ4v) is 21.7. The molecule has 0 fully saturated rings. The number of thioether (sulfide) groups is 2. The van der Waals surface area contributed by atoms with Crippen molar-refractivity contribution in [3.63, 3.8) is 0 Å². The third kappa shape index (κ3) is 18.4. The first-order chi connectivity index (χ1) is 56.3. The van der Waals surface area contributed by atoms with E-state index in [0.717, 1.165) is 9.79 Å². The minimum atomic E-state index is -0.254. The van der Waals surface area contributed by atoms with Crippen molar-refractivity contribution >= 4 is 48.8 Å². The molecule has 0 aliphatic rings. The fraction of sp³-hybridized carbons (Fsp3) is 0.246. The van der Waals surface area contributed by atoms with E-state index in [9.17, 15) is 0 Å². The van der Waals surface area contributed by atoms with Crippen molar-refractivity contribution in [2.45, 2.75) is 199 Å². The Morgan fingerprint density at radius 2 is 0.342 bits per heavy atom. The second-order valence-corrected chi connectivity index (χ2v) is 39.1. The summed E-state index contributed by atoms with van der Waals surface area (Å²) in [5.74, 6) is 0. The number of benzene rings is 14. The fourth-order valence-electron chi connectivity index (χ4n) is 19.1. The van der Waals surface area contributed by atoms with E-state index in [-0.39, 0.29) is 48.6 Å². The van der Waals surface area contributed by atoms with E-state index < -0.39 is 0 Å². The SMILES string of the molecule is Cc1cccc(C)c1-c1cccc(-c2c(C)cccc2C)c1Cc1cc(C(C)(C)C)cc(Cc2c(-c3c(C)cccc3C)cccc2-c2c(C)cccc2C)c1S/C([S-])=C(/[S-])Sc1c(Cc2c(-c3c(C)cccc3C)cccc2-c2c(C)cccc2C)cc(C(C)(C)C)cc1Cc1c(-c2c(C)cccc2C)cccc1-c1c(C)cccc1C.[Li+].[Li+]. The summed E-state index contributed by atoms with van der Waals surface area (Å²) in [5, 5.41) is 0. The standard InChI is InChI=1S/C114H116S4.2Li/c1-67-35-23-36-68(2)101(67)89-51-31-52-90(102-69(3)37-24-38-70(102)4)97(89)63-83-59-87(113(17,18)19)60-84(64-98-91(103-71(5)39-25-40-72(103)6)53-32-54-92(98)104-73(7)41-26-42-74(104)8)109(83)117-111(115)112(116)118-110-85(65-99-93(105-75(9)43-27-44-76(105)10)55-33-56-94(99)106-77(11)45-28-46-78(106)12)61-88(114(20,21)22)62-86(110)66-100-95(107-79(13)47-29-48-80(107)14)57-34-58-96(100)108-81(15)49-30-50-82(108)16;;/h23-62,115-116H,63-66H2,1-22H3;;/q;2*+1/p-2/b112-111-;;. The van der Waals surface area contributed by atoms with Crippen molar-refractivity contribution in [3.8, 4) is 89.0 Å². The van der Waals surface area contributed by atoms with E-state index in [0.29, 0.717) is 34.2 Å². The Bertz CT molecular complexity index is 5130. The molecule has 0 aliphatic heterocycles. The van der Waals surface area contributed by atoms with E-state index in [1.807, 2.05) is 0 Å². The molecule has 0 N–H and O–H groups in total. The Morgan fingerprint density at radius 1 is 0.217 bits per heavy atom. The normalized spacial score (nSPS) is 11.8. The van der Waals surface area contributed by atoms with E-state index in [4.69, 9.17) is 25.3 Å². The Morgan fingerprint density at radius 3 is 0.467 bits per heavy atom. The predicted octanol–water partition coefficient (Wildman–Crippen LogP) is 26.0. The summed E-state index contributed by atoms with van der Waals surface area (Å²) in [6.07, 6.45) is 2.52. The van der Waals surface area contributed by atoms with E-state index >= 15 is 0 Å². The molecule has 596 valence electrons. The topological polar surface area (TPSA) is 0 Å². The van der Waals surface area contributed by atoms with Crippen LogP contribution in [0.1, 0.15) is 186 Å². The van der Waals surface area contributed by atoms with Gasteiger partial charge in [0.25, 0.3) is 0 Å². The summed E-state index contributed by atoms with van der Waals surface area (Å²) in [6.45, 7) is 50.8. The van der Waals surface area contributed by atoms with Crippen LogP contribution in [0.5, 0.6) is 0 Å². The third-order valence-electron chi connectivity index (χ3n) is 25.0. The average Bonchev–Trinajstić information content (AvgIpc) is 0.759. The van der Waals surface area contributed by atoms with Crippen LogP contribution in [-0.4, -0.2) is 0 Å². The molecule has 0 heterocycles. The zero-order valence-corrected chi connectivity index (χ0v) is 78.8. The van der Waals surface area contributed by atoms with Crippen LogP contribution in [0, 0.1) is 111 Å². The second-order valence-electron chi connectivity index (χ2n) is 35.7. The van der Waals surface area contributed by atoms with E-state index in [1.54, 1.807) is 23.5 Å². The quantitative estimate of drug-likeness (QED) is 0.0423. The van der Waals surface area contributed by atoms with Gasteiger partial charge in [-0.15, -0.1) is 32.0 Å². The first kappa shape index (κ1) is 90.4. The summed E-state index contributed by atoms with van der Waals surface area (Å²) in [5.41, 5.74) is 52.4. The molecule has 0 saturated carbocycles. The number of hydrogen-bond donors (Lipinski definition) is 0. The zero-order chi connectivity index (χ0) is 84.1. The van der Waals surface area contributed by atoms with Crippen molar-refractivity contribution in [3.05, 3.63) is 396 Å². The first-order valence-electron chi connectivity index (χ1n) is 42.0. The zero-order valence-electron chi connectivity index (χ0n) is 75.6. The average molecular weight is 1630 g/mol. The van der Waals surface area contributed by atoms with Crippen LogP contribution in [0.2, 0.25) is 0 Å². The van der Waals surface area contributed by atoms with Crippen LogP contribution in [0.15, 0.2) is 261 Å². The van der Waals surface area contributed by atoms with E-state index in [1.165, 1.54) is 234 Å². The molecule has 0 saturated heterocycles. The van der Waals surface area contributed by atoms with Crippen LogP contribution in [-0.2, 0) is 61.8 Å². The minimum Gasteiger partial charge on any atom is -0.774 e. The first-order valence-corrected chi connectivity index (χ1v) is 44.5. The van der Waals surface area contributed by atoms with Crippen molar-refractivity contribution in [1.29, 1.82) is 0 Å². The number of hydrogen-bond acceptors (Lipinski definition) is 4. The van der Waals surface area contributed by atoms with Crippen LogP contribution < -0.4 is 37.7 Å². The molecular weight excluding hydrogens is 1510 g/mol. The molecule has 0 radical (unpaired) electrons. The van der Waals surface area contributed by atoms with Crippen molar-refractivity contribution in [2.75, 3.05) is 0 Å². The molecule has 120 heavy (non-hydrogen) atoms.